The maximum absolute atomic E-state index is 14.6. The molecule has 1 aliphatic heterocycles. The van der Waals surface area contributed by atoms with Crippen LogP contribution in [0.3, 0.4) is 0 Å². The summed E-state index contributed by atoms with van der Waals surface area (Å²) in [6.07, 6.45) is -0.548. The number of guanidine groups is 1. The maximum Gasteiger partial charge on any atom is 0.272 e. The SMILES string of the molecule is CONC(N)=NCCCC1(c2ccccc2)SC(c2cc(F)ccc2F)=NN1C(=O)C(C)O. The molecule has 11 heteroatoms. The van der Waals surface area contributed by atoms with Crippen molar-refractivity contribution in [1.29, 1.82) is 0 Å². The largest absolute Gasteiger partial charge is 0.383 e. The molecule has 3 rings (SSSR count). The van der Waals surface area contributed by atoms with Crippen LogP contribution in [0, 0.1) is 11.6 Å². The molecule has 0 radical (unpaired) electrons. The molecule has 4 N–H and O–H groups in total. The van der Waals surface area contributed by atoms with Gasteiger partial charge >= 0.3 is 0 Å². The molecule has 33 heavy (non-hydrogen) atoms. The molecule has 0 spiro atoms. The van der Waals surface area contributed by atoms with Crippen molar-refractivity contribution in [3.8, 4) is 0 Å². The molecule has 0 aliphatic carbocycles. The monoisotopic (exact) mass is 477 g/mol. The number of amides is 1. The zero-order valence-corrected chi connectivity index (χ0v) is 19.0. The van der Waals surface area contributed by atoms with Crippen molar-refractivity contribution >= 4 is 28.7 Å². The lowest BCUT2D eigenvalue weighted by molar-refractivity contribution is -0.143. The molecule has 0 fully saturated rings. The van der Waals surface area contributed by atoms with Gasteiger partial charge in [-0.2, -0.15) is 5.10 Å². The molecule has 1 amide bonds. The third-order valence-corrected chi connectivity index (χ3v) is 6.36. The van der Waals surface area contributed by atoms with Gasteiger partial charge in [-0.15, -0.1) is 0 Å². The fourth-order valence-corrected chi connectivity index (χ4v) is 4.83. The Morgan fingerprint density at radius 3 is 2.73 bits per heavy atom. The molecular formula is C22H25F2N5O3S. The quantitative estimate of drug-likeness (QED) is 0.233. The Kier molecular flexibility index (Phi) is 8.01. The number of benzene rings is 2. The molecule has 0 bridgehead atoms. The first-order chi connectivity index (χ1) is 15.8. The van der Waals surface area contributed by atoms with E-state index in [-0.39, 0.29) is 16.6 Å². The van der Waals surface area contributed by atoms with Crippen LogP contribution in [0.15, 0.2) is 58.6 Å². The van der Waals surface area contributed by atoms with E-state index in [2.05, 4.69) is 15.6 Å². The van der Waals surface area contributed by atoms with Crippen molar-refractivity contribution in [2.75, 3.05) is 13.7 Å². The van der Waals surface area contributed by atoms with Gasteiger partial charge in [0, 0.05) is 12.1 Å². The lowest BCUT2D eigenvalue weighted by Crippen LogP contribution is -2.45. The highest BCUT2D eigenvalue weighted by Gasteiger charge is 2.49. The standard InChI is InChI=1S/C22H25F2N5O3S/c1-14(30)20(31)29-22(15-7-4-3-5-8-15,11-6-12-26-21(25)28-32-2)33-19(27-29)17-13-16(23)9-10-18(17)24/h3-5,7-10,13-14,30H,6,11-12H2,1-2H3,(H3,25,26,28). The summed E-state index contributed by atoms with van der Waals surface area (Å²) in [6.45, 7) is 1.64. The van der Waals surface area contributed by atoms with E-state index in [1.165, 1.54) is 14.0 Å². The molecule has 8 nitrogen and oxygen atoms in total. The molecule has 1 heterocycles. The van der Waals surface area contributed by atoms with E-state index in [9.17, 15) is 18.7 Å². The summed E-state index contributed by atoms with van der Waals surface area (Å²) in [7, 11) is 1.41. The average Bonchev–Trinajstić information content (AvgIpc) is 3.19. The van der Waals surface area contributed by atoms with Crippen molar-refractivity contribution < 1.29 is 23.5 Å². The van der Waals surface area contributed by atoms with E-state index < -0.39 is 28.5 Å². The molecule has 2 unspecified atom stereocenters. The minimum Gasteiger partial charge on any atom is -0.383 e. The number of thioether (sulfide) groups is 1. The van der Waals surface area contributed by atoms with Gasteiger partial charge in [0.15, 0.2) is 0 Å². The molecule has 0 aromatic heterocycles. The summed E-state index contributed by atoms with van der Waals surface area (Å²) < 4.78 is 28.5. The summed E-state index contributed by atoms with van der Waals surface area (Å²) >= 11 is 1.13. The van der Waals surface area contributed by atoms with Crippen LogP contribution in [0.1, 0.15) is 30.9 Å². The number of carbonyl (C=O) groups excluding carboxylic acids is 1. The molecule has 2 atom stereocenters. The molecule has 0 saturated carbocycles. The van der Waals surface area contributed by atoms with Gasteiger partial charge in [-0.25, -0.2) is 19.3 Å². The zero-order chi connectivity index (χ0) is 24.0. The fraction of sp³-hybridized carbons (Fsp3) is 0.318. The van der Waals surface area contributed by atoms with Gasteiger partial charge in [-0.1, -0.05) is 42.1 Å². The maximum atomic E-state index is 14.6. The summed E-state index contributed by atoms with van der Waals surface area (Å²) in [5.74, 6) is -1.86. The van der Waals surface area contributed by atoms with Gasteiger partial charge in [-0.3, -0.25) is 14.6 Å². The van der Waals surface area contributed by atoms with E-state index in [0.717, 1.165) is 35.0 Å². The minimum absolute atomic E-state index is 0.0623. The van der Waals surface area contributed by atoms with E-state index in [0.29, 0.717) is 24.9 Å². The highest BCUT2D eigenvalue weighted by Crippen LogP contribution is 2.50. The topological polar surface area (TPSA) is 113 Å². The number of carbonyl (C=O) groups is 1. The predicted octanol–water partition coefficient (Wildman–Crippen LogP) is 2.68. The van der Waals surface area contributed by atoms with Gasteiger partial charge in [0.25, 0.3) is 5.91 Å². The van der Waals surface area contributed by atoms with Crippen LogP contribution in [0.2, 0.25) is 0 Å². The van der Waals surface area contributed by atoms with Crippen LogP contribution < -0.4 is 11.2 Å². The highest BCUT2D eigenvalue weighted by molar-refractivity contribution is 8.15. The Labute approximate surface area is 194 Å². The van der Waals surface area contributed by atoms with Gasteiger partial charge in [0.1, 0.15) is 27.7 Å². The lowest BCUT2D eigenvalue weighted by atomic mass is 10.00. The van der Waals surface area contributed by atoms with Gasteiger partial charge in [0.05, 0.1) is 7.11 Å². The Hall–Kier alpha value is -3.02. The van der Waals surface area contributed by atoms with E-state index >= 15 is 0 Å². The smallest absolute Gasteiger partial charge is 0.272 e. The summed E-state index contributed by atoms with van der Waals surface area (Å²) in [6, 6.07) is 12.1. The van der Waals surface area contributed by atoms with Gasteiger partial charge in [-0.05, 0) is 43.5 Å². The predicted molar refractivity (Wildman–Crippen MR) is 123 cm³/mol. The van der Waals surface area contributed by atoms with Crippen LogP contribution in [0.4, 0.5) is 8.78 Å². The summed E-state index contributed by atoms with van der Waals surface area (Å²) in [4.78, 5) is 20.8. The van der Waals surface area contributed by atoms with E-state index in [1.807, 2.05) is 30.3 Å². The molecule has 1 aliphatic rings. The normalized spacial score (nSPS) is 19.4. The number of nitrogens with two attached hydrogens (primary N) is 1. The van der Waals surface area contributed by atoms with Crippen molar-refractivity contribution in [3.63, 3.8) is 0 Å². The number of aliphatic imine (C=N–C) groups is 1. The van der Waals surface area contributed by atoms with Crippen LogP contribution >= 0.6 is 11.8 Å². The second-order valence-electron chi connectivity index (χ2n) is 7.28. The fourth-order valence-electron chi connectivity index (χ4n) is 3.41. The third kappa shape index (κ3) is 5.49. The molecular weight excluding hydrogens is 452 g/mol. The Balaban J connectivity index is 2.03. The first-order valence-corrected chi connectivity index (χ1v) is 11.0. The molecule has 2 aromatic rings. The summed E-state index contributed by atoms with van der Waals surface area (Å²) in [5.41, 5.74) is 8.75. The first kappa shape index (κ1) is 24.6. The van der Waals surface area contributed by atoms with Crippen LogP contribution in [-0.2, 0) is 14.5 Å². The zero-order valence-electron chi connectivity index (χ0n) is 18.2. The number of nitrogens with one attached hydrogen (secondary N) is 1. The number of hydrazone groups is 1. The minimum atomic E-state index is -1.35. The lowest BCUT2D eigenvalue weighted by Gasteiger charge is -2.36. The number of aliphatic hydroxyl groups excluding tert-OH is 1. The first-order valence-electron chi connectivity index (χ1n) is 10.2. The second-order valence-corrected chi connectivity index (χ2v) is 8.55. The van der Waals surface area contributed by atoms with Gasteiger partial charge < -0.3 is 10.8 Å². The van der Waals surface area contributed by atoms with Crippen molar-refractivity contribution in [3.05, 3.63) is 71.3 Å². The Bertz CT molecular complexity index is 1050. The van der Waals surface area contributed by atoms with Crippen LogP contribution in [0.5, 0.6) is 0 Å². The van der Waals surface area contributed by atoms with E-state index in [4.69, 9.17) is 10.6 Å². The number of aliphatic hydroxyl groups is 1. The average molecular weight is 478 g/mol. The van der Waals surface area contributed by atoms with Gasteiger partial charge in [0.2, 0.25) is 5.96 Å². The number of hydroxylamine groups is 1. The van der Waals surface area contributed by atoms with Crippen molar-refractivity contribution in [2.45, 2.75) is 30.7 Å². The van der Waals surface area contributed by atoms with Crippen molar-refractivity contribution in [1.82, 2.24) is 10.5 Å². The van der Waals surface area contributed by atoms with Crippen LogP contribution in [0.25, 0.3) is 0 Å². The third-order valence-electron chi connectivity index (χ3n) is 4.91. The van der Waals surface area contributed by atoms with Crippen molar-refractivity contribution in [2.24, 2.45) is 15.8 Å². The molecule has 0 saturated heterocycles. The summed E-state index contributed by atoms with van der Waals surface area (Å²) in [5, 5.41) is 15.7. The second kappa shape index (κ2) is 10.7. The molecule has 176 valence electrons. The Morgan fingerprint density at radius 2 is 2.06 bits per heavy atom. The number of rotatable bonds is 8. The number of hydrogen-bond acceptors (Lipinski definition) is 6. The Morgan fingerprint density at radius 1 is 1.33 bits per heavy atom. The molecule has 2 aromatic carbocycles. The number of halogens is 2. The number of nitrogens with zero attached hydrogens (tertiary/aromatic N) is 3. The van der Waals surface area contributed by atoms with E-state index in [1.54, 1.807) is 0 Å². The highest BCUT2D eigenvalue weighted by atomic mass is 32.2. The van der Waals surface area contributed by atoms with Crippen LogP contribution in [-0.4, -0.2) is 46.8 Å². The number of hydrogen-bond donors (Lipinski definition) is 3.